The Morgan fingerprint density at radius 2 is 2.40 bits per heavy atom. The Hall–Kier alpha value is -1.00. The summed E-state index contributed by atoms with van der Waals surface area (Å²) < 4.78 is 18.4. The van der Waals surface area contributed by atoms with E-state index >= 15 is 0 Å². The highest BCUT2D eigenvalue weighted by Gasteiger charge is 2.21. The molecular formula is C11H11FN2S. The molecule has 2 heterocycles. The van der Waals surface area contributed by atoms with Gasteiger partial charge < -0.3 is 5.32 Å². The normalized spacial score (nSPS) is 21.3. The van der Waals surface area contributed by atoms with Crippen LogP contribution in [0, 0.1) is 5.82 Å². The van der Waals surface area contributed by atoms with Crippen LogP contribution in [0.4, 0.5) is 4.39 Å². The fourth-order valence-electron chi connectivity index (χ4n) is 2.11. The summed E-state index contributed by atoms with van der Waals surface area (Å²) in [4.78, 5) is 0. The molecule has 0 bridgehead atoms. The van der Waals surface area contributed by atoms with Crippen molar-refractivity contribution in [3.8, 4) is 0 Å². The molecule has 0 saturated carbocycles. The lowest BCUT2D eigenvalue weighted by atomic mass is 10.0. The summed E-state index contributed by atoms with van der Waals surface area (Å²) in [6, 6.07) is 4.93. The zero-order valence-corrected chi connectivity index (χ0v) is 8.98. The number of halogens is 1. The van der Waals surface area contributed by atoms with Gasteiger partial charge in [0.2, 0.25) is 0 Å². The molecule has 78 valence electrons. The largest absolute Gasteiger partial charge is 0.316 e. The van der Waals surface area contributed by atoms with Crippen molar-refractivity contribution in [2.24, 2.45) is 0 Å². The molecule has 2 aromatic rings. The van der Waals surface area contributed by atoms with E-state index in [0.29, 0.717) is 5.92 Å². The fourth-order valence-corrected chi connectivity index (χ4v) is 2.99. The molecule has 3 rings (SSSR count). The van der Waals surface area contributed by atoms with Crippen LogP contribution < -0.4 is 5.32 Å². The van der Waals surface area contributed by atoms with E-state index in [1.54, 1.807) is 6.07 Å². The molecule has 1 aliphatic heterocycles. The van der Waals surface area contributed by atoms with Crippen molar-refractivity contribution in [2.75, 3.05) is 13.1 Å². The van der Waals surface area contributed by atoms with E-state index in [0.717, 1.165) is 35.3 Å². The predicted molar refractivity (Wildman–Crippen MR) is 59.8 cm³/mol. The molecule has 0 amide bonds. The topological polar surface area (TPSA) is 24.9 Å². The zero-order chi connectivity index (χ0) is 10.3. The highest BCUT2D eigenvalue weighted by Crippen LogP contribution is 2.31. The molecule has 0 radical (unpaired) electrons. The van der Waals surface area contributed by atoms with Gasteiger partial charge in [0.1, 0.15) is 5.82 Å². The highest BCUT2D eigenvalue weighted by atomic mass is 32.1. The summed E-state index contributed by atoms with van der Waals surface area (Å²) in [6.07, 6.45) is 1.14. The van der Waals surface area contributed by atoms with Crippen molar-refractivity contribution in [1.29, 1.82) is 0 Å². The second-order valence-electron chi connectivity index (χ2n) is 3.90. The van der Waals surface area contributed by atoms with Crippen molar-refractivity contribution in [3.63, 3.8) is 0 Å². The summed E-state index contributed by atoms with van der Waals surface area (Å²) in [5, 5.41) is 4.45. The third kappa shape index (κ3) is 1.54. The third-order valence-corrected chi connectivity index (χ3v) is 3.73. The third-order valence-electron chi connectivity index (χ3n) is 2.91. The average molecular weight is 222 g/mol. The van der Waals surface area contributed by atoms with Crippen LogP contribution in [0.2, 0.25) is 0 Å². The van der Waals surface area contributed by atoms with Crippen molar-refractivity contribution in [3.05, 3.63) is 29.7 Å². The van der Waals surface area contributed by atoms with Gasteiger partial charge >= 0.3 is 0 Å². The lowest BCUT2D eigenvalue weighted by molar-refractivity contribution is 0.630. The molecule has 15 heavy (non-hydrogen) atoms. The molecule has 0 aliphatic carbocycles. The molecule has 0 unspecified atom stereocenters. The number of aromatic nitrogens is 1. The van der Waals surface area contributed by atoms with Crippen LogP contribution in [0.1, 0.15) is 18.0 Å². The predicted octanol–water partition coefficient (Wildman–Crippen LogP) is 2.51. The Labute approximate surface area is 91.3 Å². The SMILES string of the molecule is Fc1ccc2c([C@H]3CCNC3)nsc2c1. The minimum atomic E-state index is -0.178. The fraction of sp³-hybridized carbons (Fsp3) is 0.364. The number of nitrogens with one attached hydrogen (secondary N) is 1. The number of hydrogen-bond donors (Lipinski definition) is 1. The zero-order valence-electron chi connectivity index (χ0n) is 8.16. The first-order valence-corrected chi connectivity index (χ1v) is 5.87. The Morgan fingerprint density at radius 1 is 1.47 bits per heavy atom. The summed E-state index contributed by atoms with van der Waals surface area (Å²) in [5.41, 5.74) is 1.14. The number of rotatable bonds is 1. The lowest BCUT2D eigenvalue weighted by Crippen LogP contribution is -2.08. The van der Waals surface area contributed by atoms with Crippen molar-refractivity contribution < 1.29 is 4.39 Å². The van der Waals surface area contributed by atoms with Gasteiger partial charge in [0.15, 0.2) is 0 Å². The molecule has 1 aromatic heterocycles. The van der Waals surface area contributed by atoms with Gasteiger partial charge in [-0.1, -0.05) is 0 Å². The van der Waals surface area contributed by atoms with Crippen LogP contribution in [0.15, 0.2) is 18.2 Å². The number of hydrogen-bond acceptors (Lipinski definition) is 3. The molecule has 0 spiro atoms. The maximum atomic E-state index is 13.0. The molecule has 2 nitrogen and oxygen atoms in total. The Balaban J connectivity index is 2.11. The van der Waals surface area contributed by atoms with Crippen molar-refractivity contribution in [1.82, 2.24) is 9.69 Å². The van der Waals surface area contributed by atoms with E-state index in [9.17, 15) is 4.39 Å². The summed E-state index contributed by atoms with van der Waals surface area (Å²) in [6.45, 7) is 2.06. The van der Waals surface area contributed by atoms with E-state index in [2.05, 4.69) is 9.69 Å². The second kappa shape index (κ2) is 3.54. The van der Waals surface area contributed by atoms with Crippen LogP contribution >= 0.6 is 11.5 Å². The van der Waals surface area contributed by atoms with Gasteiger partial charge in [-0.2, -0.15) is 4.37 Å². The Kier molecular flexibility index (Phi) is 2.18. The summed E-state index contributed by atoms with van der Waals surface area (Å²) in [7, 11) is 0. The van der Waals surface area contributed by atoms with E-state index in [1.807, 2.05) is 6.07 Å². The molecular weight excluding hydrogens is 211 g/mol. The number of fused-ring (bicyclic) bond motifs is 1. The van der Waals surface area contributed by atoms with Crippen LogP contribution in [0.3, 0.4) is 0 Å². The maximum absolute atomic E-state index is 13.0. The minimum Gasteiger partial charge on any atom is -0.316 e. The standard InChI is InChI=1S/C11H11FN2S/c12-8-1-2-9-10(5-8)15-14-11(9)7-3-4-13-6-7/h1-2,5,7,13H,3-4,6H2/t7-/m0/s1. The molecule has 1 N–H and O–H groups in total. The van der Waals surface area contributed by atoms with Crippen LogP contribution in [0.5, 0.6) is 0 Å². The summed E-state index contributed by atoms with van der Waals surface area (Å²) >= 11 is 1.40. The quantitative estimate of drug-likeness (QED) is 0.802. The van der Waals surface area contributed by atoms with Gasteiger partial charge in [0.05, 0.1) is 10.4 Å². The van der Waals surface area contributed by atoms with E-state index in [1.165, 1.54) is 17.6 Å². The first kappa shape index (κ1) is 9.24. The van der Waals surface area contributed by atoms with Gasteiger partial charge in [-0.15, -0.1) is 0 Å². The lowest BCUT2D eigenvalue weighted by Gasteiger charge is -2.04. The van der Waals surface area contributed by atoms with Gasteiger partial charge in [-0.3, -0.25) is 0 Å². The van der Waals surface area contributed by atoms with Crippen LogP contribution in [0.25, 0.3) is 10.1 Å². The highest BCUT2D eigenvalue weighted by molar-refractivity contribution is 7.13. The number of nitrogens with zero attached hydrogens (tertiary/aromatic N) is 1. The van der Waals surface area contributed by atoms with Gasteiger partial charge in [-0.05, 0) is 42.7 Å². The molecule has 1 fully saturated rings. The first-order chi connectivity index (χ1) is 7.34. The minimum absolute atomic E-state index is 0.178. The smallest absolute Gasteiger partial charge is 0.124 e. The monoisotopic (exact) mass is 222 g/mol. The molecule has 1 aromatic carbocycles. The second-order valence-corrected chi connectivity index (χ2v) is 4.70. The van der Waals surface area contributed by atoms with Gasteiger partial charge in [0, 0.05) is 17.8 Å². The summed E-state index contributed by atoms with van der Waals surface area (Å²) in [5.74, 6) is 0.325. The molecule has 1 atom stereocenters. The van der Waals surface area contributed by atoms with Crippen molar-refractivity contribution >= 4 is 21.6 Å². The molecule has 1 saturated heterocycles. The first-order valence-electron chi connectivity index (χ1n) is 5.10. The van der Waals surface area contributed by atoms with Crippen LogP contribution in [-0.2, 0) is 0 Å². The van der Waals surface area contributed by atoms with E-state index in [4.69, 9.17) is 0 Å². The Morgan fingerprint density at radius 3 is 3.20 bits per heavy atom. The van der Waals surface area contributed by atoms with Gasteiger partial charge in [-0.25, -0.2) is 4.39 Å². The van der Waals surface area contributed by atoms with Gasteiger partial charge in [0.25, 0.3) is 0 Å². The maximum Gasteiger partial charge on any atom is 0.124 e. The number of benzene rings is 1. The molecule has 1 aliphatic rings. The van der Waals surface area contributed by atoms with Crippen molar-refractivity contribution in [2.45, 2.75) is 12.3 Å². The van der Waals surface area contributed by atoms with Crippen LogP contribution in [-0.4, -0.2) is 17.5 Å². The van der Waals surface area contributed by atoms with E-state index in [-0.39, 0.29) is 5.82 Å². The Bertz CT molecular complexity index is 488. The molecule has 4 heteroatoms. The van der Waals surface area contributed by atoms with E-state index < -0.39 is 0 Å². The average Bonchev–Trinajstić information content (AvgIpc) is 2.82.